The molecule has 5 heteroatoms. The SMILES string of the molecule is COCC(=O)c1nccc(Cl)c1F. The molecule has 0 radical (unpaired) electrons. The third-order valence-electron chi connectivity index (χ3n) is 1.38. The van der Waals surface area contributed by atoms with Crippen LogP contribution in [0.25, 0.3) is 0 Å². The standard InChI is InChI=1S/C8H7ClFNO2/c1-13-4-6(12)8-7(10)5(9)2-3-11-8/h2-3H,4H2,1H3. The molecule has 13 heavy (non-hydrogen) atoms. The molecule has 0 fully saturated rings. The molecule has 1 aromatic rings. The summed E-state index contributed by atoms with van der Waals surface area (Å²) in [6.07, 6.45) is 1.27. The predicted octanol–water partition coefficient (Wildman–Crippen LogP) is 1.70. The number of carbonyl (C=O) groups is 1. The van der Waals surface area contributed by atoms with Crippen LogP contribution in [0.4, 0.5) is 4.39 Å². The van der Waals surface area contributed by atoms with Gasteiger partial charge in [-0.2, -0.15) is 0 Å². The van der Waals surface area contributed by atoms with Gasteiger partial charge in [0, 0.05) is 13.3 Å². The summed E-state index contributed by atoms with van der Waals surface area (Å²) in [5.74, 6) is -1.33. The first-order chi connectivity index (χ1) is 6.16. The predicted molar refractivity (Wildman–Crippen MR) is 45.4 cm³/mol. The van der Waals surface area contributed by atoms with Crippen LogP contribution in [-0.2, 0) is 4.74 Å². The highest BCUT2D eigenvalue weighted by atomic mass is 35.5. The van der Waals surface area contributed by atoms with E-state index in [0.29, 0.717) is 0 Å². The van der Waals surface area contributed by atoms with Gasteiger partial charge in [-0.15, -0.1) is 0 Å². The molecule has 0 bridgehead atoms. The molecular weight excluding hydrogens is 197 g/mol. The van der Waals surface area contributed by atoms with Crippen molar-refractivity contribution in [2.45, 2.75) is 0 Å². The quantitative estimate of drug-likeness (QED) is 0.702. The second kappa shape index (κ2) is 4.30. The Labute approximate surface area is 79.5 Å². The fourth-order valence-corrected chi connectivity index (χ4v) is 0.960. The zero-order valence-electron chi connectivity index (χ0n) is 6.88. The van der Waals surface area contributed by atoms with E-state index in [-0.39, 0.29) is 17.3 Å². The lowest BCUT2D eigenvalue weighted by Gasteiger charge is -2.00. The summed E-state index contributed by atoms with van der Waals surface area (Å²) in [4.78, 5) is 14.7. The van der Waals surface area contributed by atoms with Crippen molar-refractivity contribution in [3.05, 3.63) is 28.8 Å². The van der Waals surface area contributed by atoms with E-state index in [4.69, 9.17) is 11.6 Å². The number of ether oxygens (including phenoxy) is 1. The van der Waals surface area contributed by atoms with Crippen LogP contribution in [0.3, 0.4) is 0 Å². The van der Waals surface area contributed by atoms with E-state index in [0.717, 1.165) is 0 Å². The molecular formula is C8H7ClFNO2. The molecule has 0 aliphatic carbocycles. The van der Waals surface area contributed by atoms with Crippen molar-refractivity contribution in [2.24, 2.45) is 0 Å². The number of aromatic nitrogens is 1. The zero-order valence-corrected chi connectivity index (χ0v) is 7.64. The van der Waals surface area contributed by atoms with Crippen molar-refractivity contribution < 1.29 is 13.9 Å². The molecule has 0 aromatic carbocycles. The third-order valence-corrected chi connectivity index (χ3v) is 1.67. The number of rotatable bonds is 3. The van der Waals surface area contributed by atoms with E-state index in [1.165, 1.54) is 19.4 Å². The summed E-state index contributed by atoms with van der Waals surface area (Å²) in [7, 11) is 1.35. The molecule has 0 unspecified atom stereocenters. The molecule has 0 aliphatic heterocycles. The van der Waals surface area contributed by atoms with Crippen molar-refractivity contribution in [2.75, 3.05) is 13.7 Å². The number of pyridine rings is 1. The Morgan fingerprint density at radius 1 is 1.77 bits per heavy atom. The number of carbonyl (C=O) groups excluding carboxylic acids is 1. The molecule has 0 saturated carbocycles. The van der Waals surface area contributed by atoms with Gasteiger partial charge in [-0.3, -0.25) is 4.79 Å². The number of ketones is 1. The summed E-state index contributed by atoms with van der Waals surface area (Å²) in [6.45, 7) is -0.204. The van der Waals surface area contributed by atoms with Gasteiger partial charge in [-0.25, -0.2) is 9.37 Å². The first-order valence-corrected chi connectivity index (χ1v) is 3.86. The van der Waals surface area contributed by atoms with Crippen LogP contribution < -0.4 is 0 Å². The molecule has 0 atom stereocenters. The largest absolute Gasteiger partial charge is 0.376 e. The normalized spacial score (nSPS) is 10.1. The van der Waals surface area contributed by atoms with Gasteiger partial charge in [0.1, 0.15) is 12.3 Å². The Bertz CT molecular complexity index is 330. The van der Waals surface area contributed by atoms with Crippen LogP contribution in [0.5, 0.6) is 0 Å². The van der Waals surface area contributed by atoms with E-state index in [9.17, 15) is 9.18 Å². The summed E-state index contributed by atoms with van der Waals surface area (Å²) >= 11 is 5.45. The molecule has 1 aromatic heterocycles. The van der Waals surface area contributed by atoms with E-state index in [1.807, 2.05) is 0 Å². The van der Waals surface area contributed by atoms with Crippen molar-refractivity contribution >= 4 is 17.4 Å². The van der Waals surface area contributed by atoms with Gasteiger partial charge in [0.2, 0.25) is 5.78 Å². The van der Waals surface area contributed by atoms with Crippen molar-refractivity contribution in [3.8, 4) is 0 Å². The Kier molecular flexibility index (Phi) is 3.33. The summed E-state index contributed by atoms with van der Waals surface area (Å²) in [5.41, 5.74) is -0.283. The lowest BCUT2D eigenvalue weighted by atomic mass is 10.2. The van der Waals surface area contributed by atoms with Crippen molar-refractivity contribution in [1.82, 2.24) is 4.98 Å². The fraction of sp³-hybridized carbons (Fsp3) is 0.250. The van der Waals surface area contributed by atoms with Crippen LogP contribution in [0.2, 0.25) is 5.02 Å². The average molecular weight is 204 g/mol. The van der Waals surface area contributed by atoms with Gasteiger partial charge in [0.25, 0.3) is 0 Å². The maximum absolute atomic E-state index is 13.1. The van der Waals surface area contributed by atoms with Gasteiger partial charge in [-0.1, -0.05) is 11.6 Å². The van der Waals surface area contributed by atoms with Gasteiger partial charge in [0.05, 0.1) is 5.02 Å². The van der Waals surface area contributed by atoms with Gasteiger partial charge >= 0.3 is 0 Å². The Morgan fingerprint density at radius 3 is 3.08 bits per heavy atom. The van der Waals surface area contributed by atoms with Crippen LogP contribution in [0.1, 0.15) is 10.5 Å². The Balaban J connectivity index is 3.01. The smallest absolute Gasteiger partial charge is 0.209 e. The maximum atomic E-state index is 13.1. The minimum atomic E-state index is -0.800. The van der Waals surface area contributed by atoms with Crippen LogP contribution >= 0.6 is 11.6 Å². The molecule has 0 spiro atoms. The maximum Gasteiger partial charge on any atom is 0.209 e. The van der Waals surface area contributed by atoms with E-state index in [1.54, 1.807) is 0 Å². The van der Waals surface area contributed by atoms with E-state index >= 15 is 0 Å². The number of hydrogen-bond acceptors (Lipinski definition) is 3. The van der Waals surface area contributed by atoms with Crippen molar-refractivity contribution in [1.29, 1.82) is 0 Å². The number of methoxy groups -OCH3 is 1. The lowest BCUT2D eigenvalue weighted by Crippen LogP contribution is -2.11. The third kappa shape index (κ3) is 2.23. The highest BCUT2D eigenvalue weighted by Crippen LogP contribution is 2.15. The van der Waals surface area contributed by atoms with Gasteiger partial charge < -0.3 is 4.74 Å². The molecule has 0 aliphatic rings. The highest BCUT2D eigenvalue weighted by Gasteiger charge is 2.15. The number of nitrogens with zero attached hydrogens (tertiary/aromatic N) is 1. The highest BCUT2D eigenvalue weighted by molar-refractivity contribution is 6.31. The number of hydrogen-bond donors (Lipinski definition) is 0. The topological polar surface area (TPSA) is 39.2 Å². The van der Waals surface area contributed by atoms with Gasteiger partial charge in [0.15, 0.2) is 5.82 Å². The molecule has 0 N–H and O–H groups in total. The zero-order chi connectivity index (χ0) is 9.84. The van der Waals surface area contributed by atoms with E-state index in [2.05, 4.69) is 9.72 Å². The first kappa shape index (κ1) is 10.1. The average Bonchev–Trinajstić information content (AvgIpc) is 2.10. The van der Waals surface area contributed by atoms with Crippen LogP contribution in [0.15, 0.2) is 12.3 Å². The minimum absolute atomic E-state index is 0.116. The molecule has 1 heterocycles. The minimum Gasteiger partial charge on any atom is -0.376 e. The monoisotopic (exact) mass is 203 g/mol. The second-order valence-corrected chi connectivity index (χ2v) is 2.72. The first-order valence-electron chi connectivity index (χ1n) is 3.49. The van der Waals surface area contributed by atoms with Crippen LogP contribution in [0, 0.1) is 5.82 Å². The number of halogens is 2. The van der Waals surface area contributed by atoms with E-state index < -0.39 is 11.6 Å². The molecule has 0 saturated heterocycles. The Morgan fingerprint density at radius 2 is 2.46 bits per heavy atom. The lowest BCUT2D eigenvalue weighted by molar-refractivity contribution is 0.0838. The van der Waals surface area contributed by atoms with Crippen molar-refractivity contribution in [3.63, 3.8) is 0 Å². The fourth-order valence-electron chi connectivity index (χ4n) is 0.814. The molecule has 0 amide bonds. The van der Waals surface area contributed by atoms with Gasteiger partial charge in [-0.05, 0) is 6.07 Å². The molecule has 3 nitrogen and oxygen atoms in total. The summed E-state index contributed by atoms with van der Waals surface area (Å²) in [5, 5.41) is -0.116. The summed E-state index contributed by atoms with van der Waals surface area (Å²) in [6, 6.07) is 1.28. The summed E-state index contributed by atoms with van der Waals surface area (Å²) < 4.78 is 17.7. The molecule has 70 valence electrons. The Hall–Kier alpha value is -1.000. The molecule has 1 rings (SSSR count). The second-order valence-electron chi connectivity index (χ2n) is 2.31. The number of Topliss-reactive ketones (excluding diaryl/α,β-unsaturated/α-hetero) is 1. The van der Waals surface area contributed by atoms with Crippen LogP contribution in [-0.4, -0.2) is 24.5 Å².